The van der Waals surface area contributed by atoms with E-state index in [0.29, 0.717) is 0 Å². The molecule has 0 aromatic heterocycles. The number of likely N-dealkylation sites (tertiary alicyclic amines) is 1. The molecule has 108 valence electrons. The fourth-order valence-corrected chi connectivity index (χ4v) is 2.40. The van der Waals surface area contributed by atoms with Gasteiger partial charge in [-0.3, -0.25) is 0 Å². The average molecular weight is 275 g/mol. The van der Waals surface area contributed by atoms with Crippen molar-refractivity contribution in [2.24, 2.45) is 5.41 Å². The highest BCUT2D eigenvalue weighted by Crippen LogP contribution is 2.48. The normalized spacial score (nSPS) is 29.2. The van der Waals surface area contributed by atoms with Crippen molar-refractivity contribution in [3.63, 3.8) is 0 Å². The van der Waals surface area contributed by atoms with Crippen LogP contribution in [0.2, 0.25) is 0 Å². The molecule has 7 heteroatoms. The van der Waals surface area contributed by atoms with Crippen LogP contribution in [0.15, 0.2) is 0 Å². The summed E-state index contributed by atoms with van der Waals surface area (Å²) in [6, 6.07) is 0. The average Bonchev–Trinajstić information content (AvgIpc) is 2.50. The summed E-state index contributed by atoms with van der Waals surface area (Å²) < 4.78 is 24.7. The van der Waals surface area contributed by atoms with Crippen LogP contribution in [0.25, 0.3) is 0 Å². The maximum absolute atomic E-state index is 14.6. The molecular formula is C12H18FNO5. The standard InChI is InChI=1S/C12H18FNO5/c1-10(2,3)19-9(17)14-4-11(6-18-7-11)12(13,5-14)8(15)16/h4-7H2,1-3H3,(H,15,16)/t12-/m0/s1. The number of carboxylic acids is 1. The maximum atomic E-state index is 14.6. The molecule has 0 aromatic rings. The van der Waals surface area contributed by atoms with E-state index < -0.39 is 35.3 Å². The van der Waals surface area contributed by atoms with Gasteiger partial charge in [-0.2, -0.15) is 0 Å². The molecule has 0 saturated carbocycles. The summed E-state index contributed by atoms with van der Waals surface area (Å²) in [5.41, 5.74) is -4.32. The molecule has 2 fully saturated rings. The highest BCUT2D eigenvalue weighted by Gasteiger charge is 2.68. The first-order valence-corrected chi connectivity index (χ1v) is 6.08. The molecule has 2 saturated heterocycles. The summed E-state index contributed by atoms with van der Waals surface area (Å²) in [5, 5.41) is 9.10. The van der Waals surface area contributed by atoms with Crippen molar-refractivity contribution < 1.29 is 28.6 Å². The molecule has 2 rings (SSSR count). The second kappa shape index (κ2) is 4.06. The molecule has 1 atom stereocenters. The van der Waals surface area contributed by atoms with Crippen molar-refractivity contribution >= 4 is 12.1 Å². The number of nitrogens with zero attached hydrogens (tertiary/aromatic N) is 1. The Morgan fingerprint density at radius 1 is 1.32 bits per heavy atom. The summed E-state index contributed by atoms with van der Waals surface area (Å²) in [7, 11) is 0. The fraction of sp³-hybridized carbons (Fsp3) is 0.833. The number of rotatable bonds is 1. The van der Waals surface area contributed by atoms with E-state index in [4.69, 9.17) is 14.6 Å². The Bertz CT molecular complexity index is 415. The molecule has 0 bridgehead atoms. The van der Waals surface area contributed by atoms with Crippen molar-refractivity contribution in [1.82, 2.24) is 4.90 Å². The quantitative estimate of drug-likeness (QED) is 0.774. The number of halogens is 1. The van der Waals surface area contributed by atoms with E-state index in [9.17, 15) is 14.0 Å². The zero-order chi connectivity index (χ0) is 14.5. The number of carbonyl (C=O) groups is 2. The minimum atomic E-state index is -2.47. The lowest BCUT2D eigenvalue weighted by atomic mass is 9.74. The van der Waals surface area contributed by atoms with Crippen molar-refractivity contribution in [1.29, 1.82) is 0 Å². The van der Waals surface area contributed by atoms with Crippen LogP contribution in [-0.2, 0) is 14.3 Å². The van der Waals surface area contributed by atoms with E-state index in [1.807, 2.05) is 0 Å². The van der Waals surface area contributed by atoms with Crippen LogP contribution in [0.1, 0.15) is 20.8 Å². The first-order valence-electron chi connectivity index (χ1n) is 6.08. The lowest BCUT2D eigenvalue weighted by molar-refractivity contribution is -0.192. The summed E-state index contributed by atoms with van der Waals surface area (Å²) in [5.74, 6) is -1.55. The van der Waals surface area contributed by atoms with E-state index in [-0.39, 0.29) is 19.8 Å². The van der Waals surface area contributed by atoms with Gasteiger partial charge in [0.2, 0.25) is 5.67 Å². The minimum absolute atomic E-state index is 0.00468. The largest absolute Gasteiger partial charge is 0.479 e. The van der Waals surface area contributed by atoms with Gasteiger partial charge >= 0.3 is 12.1 Å². The van der Waals surface area contributed by atoms with Gasteiger partial charge in [-0.05, 0) is 20.8 Å². The zero-order valence-corrected chi connectivity index (χ0v) is 11.2. The molecule has 2 heterocycles. The Labute approximate surface area is 110 Å². The lowest BCUT2D eigenvalue weighted by Gasteiger charge is -2.43. The third-order valence-corrected chi connectivity index (χ3v) is 3.49. The molecule has 0 unspecified atom stereocenters. The van der Waals surface area contributed by atoms with Crippen molar-refractivity contribution in [3.8, 4) is 0 Å². The predicted molar refractivity (Wildman–Crippen MR) is 62.5 cm³/mol. The Kier molecular flexibility index (Phi) is 3.00. The second-order valence-corrected chi connectivity index (χ2v) is 6.22. The van der Waals surface area contributed by atoms with Gasteiger partial charge in [0.05, 0.1) is 25.2 Å². The van der Waals surface area contributed by atoms with Gasteiger partial charge in [0.25, 0.3) is 0 Å². The van der Waals surface area contributed by atoms with Gasteiger partial charge in [-0.15, -0.1) is 0 Å². The molecule has 2 aliphatic heterocycles. The zero-order valence-electron chi connectivity index (χ0n) is 11.2. The Hall–Kier alpha value is -1.37. The van der Waals surface area contributed by atoms with Gasteiger partial charge in [0.15, 0.2) is 0 Å². The summed E-state index contributed by atoms with van der Waals surface area (Å²) in [6.45, 7) is 4.62. The Balaban J connectivity index is 2.16. The van der Waals surface area contributed by atoms with E-state index in [0.717, 1.165) is 4.90 Å². The minimum Gasteiger partial charge on any atom is -0.479 e. The van der Waals surface area contributed by atoms with Gasteiger partial charge < -0.3 is 19.5 Å². The van der Waals surface area contributed by atoms with E-state index >= 15 is 0 Å². The number of aliphatic carboxylic acids is 1. The highest BCUT2D eigenvalue weighted by molar-refractivity contribution is 5.82. The molecule has 1 N–H and O–H groups in total. The van der Waals surface area contributed by atoms with Crippen LogP contribution < -0.4 is 0 Å². The van der Waals surface area contributed by atoms with Crippen LogP contribution >= 0.6 is 0 Å². The smallest absolute Gasteiger partial charge is 0.410 e. The van der Waals surface area contributed by atoms with E-state index in [1.165, 1.54) is 0 Å². The maximum Gasteiger partial charge on any atom is 0.410 e. The third kappa shape index (κ3) is 2.16. The number of carboxylic acid groups (broad SMARTS) is 1. The molecule has 1 amide bonds. The molecule has 0 aromatic carbocycles. The molecule has 19 heavy (non-hydrogen) atoms. The number of hydrogen-bond donors (Lipinski definition) is 1. The molecule has 0 aliphatic carbocycles. The Morgan fingerprint density at radius 3 is 2.21 bits per heavy atom. The Morgan fingerprint density at radius 2 is 1.89 bits per heavy atom. The van der Waals surface area contributed by atoms with Crippen LogP contribution in [0.4, 0.5) is 9.18 Å². The topological polar surface area (TPSA) is 76.1 Å². The monoisotopic (exact) mass is 275 g/mol. The fourth-order valence-electron chi connectivity index (χ4n) is 2.40. The van der Waals surface area contributed by atoms with Gasteiger partial charge in [0, 0.05) is 6.54 Å². The first kappa shape index (κ1) is 14.0. The van der Waals surface area contributed by atoms with Crippen LogP contribution in [0.3, 0.4) is 0 Å². The van der Waals surface area contributed by atoms with Crippen molar-refractivity contribution in [3.05, 3.63) is 0 Å². The molecule has 2 aliphatic rings. The number of carbonyl (C=O) groups excluding carboxylic acids is 1. The van der Waals surface area contributed by atoms with Gasteiger partial charge in [-0.25, -0.2) is 14.0 Å². The van der Waals surface area contributed by atoms with Gasteiger partial charge in [0.1, 0.15) is 5.60 Å². The molecular weight excluding hydrogens is 257 g/mol. The lowest BCUT2D eigenvalue weighted by Crippen LogP contribution is -2.60. The van der Waals surface area contributed by atoms with Crippen molar-refractivity contribution in [2.75, 3.05) is 26.3 Å². The van der Waals surface area contributed by atoms with Crippen molar-refractivity contribution in [2.45, 2.75) is 32.0 Å². The number of hydrogen-bond acceptors (Lipinski definition) is 4. The van der Waals surface area contributed by atoms with Crippen LogP contribution in [0, 0.1) is 5.41 Å². The number of ether oxygens (including phenoxy) is 2. The highest BCUT2D eigenvalue weighted by atomic mass is 19.1. The summed E-state index contributed by atoms with van der Waals surface area (Å²) >= 11 is 0. The van der Waals surface area contributed by atoms with Gasteiger partial charge in [-0.1, -0.05) is 0 Å². The SMILES string of the molecule is CC(C)(C)OC(=O)N1CC2(COC2)[C@@](F)(C(=O)O)C1. The van der Waals surface area contributed by atoms with E-state index in [2.05, 4.69) is 0 Å². The summed E-state index contributed by atoms with van der Waals surface area (Å²) in [6.07, 6.45) is -0.695. The number of alkyl halides is 1. The number of amides is 1. The molecule has 6 nitrogen and oxygen atoms in total. The van der Waals surface area contributed by atoms with E-state index in [1.54, 1.807) is 20.8 Å². The molecule has 0 radical (unpaired) electrons. The van der Waals surface area contributed by atoms with Crippen LogP contribution in [-0.4, -0.2) is 59.6 Å². The second-order valence-electron chi connectivity index (χ2n) is 6.22. The predicted octanol–water partition coefficient (Wildman–Crippen LogP) is 1.05. The van der Waals surface area contributed by atoms with Crippen LogP contribution in [0.5, 0.6) is 0 Å². The first-order chi connectivity index (χ1) is 8.60. The molecule has 1 spiro atoms. The summed E-state index contributed by atoms with van der Waals surface area (Å²) in [4.78, 5) is 24.2. The third-order valence-electron chi connectivity index (χ3n) is 3.49.